The summed E-state index contributed by atoms with van der Waals surface area (Å²) in [6.07, 6.45) is 0. The first-order valence-electron chi connectivity index (χ1n) is 7.45. The normalized spacial score (nSPS) is 11.9. The van der Waals surface area contributed by atoms with Crippen LogP contribution in [0.5, 0.6) is 11.5 Å². The van der Waals surface area contributed by atoms with E-state index < -0.39 is 0 Å². The highest BCUT2D eigenvalue weighted by Crippen LogP contribution is 2.39. The monoisotopic (exact) mass is 380 g/mol. The Morgan fingerprint density at radius 2 is 1.56 bits per heavy atom. The second-order valence-electron chi connectivity index (χ2n) is 5.21. The van der Waals surface area contributed by atoms with E-state index in [4.69, 9.17) is 32.7 Å². The van der Waals surface area contributed by atoms with E-state index >= 15 is 0 Å². The van der Waals surface area contributed by atoms with Crippen LogP contribution in [0.2, 0.25) is 10.0 Å². The van der Waals surface area contributed by atoms with E-state index in [9.17, 15) is 9.59 Å². The van der Waals surface area contributed by atoms with Gasteiger partial charge >= 0.3 is 0 Å². The number of ether oxygens (including phenoxy) is 2. The Hall–Kier alpha value is -2.44. The predicted molar refractivity (Wildman–Crippen MR) is 93.7 cm³/mol. The molecule has 8 heteroatoms. The number of carbonyl (C=O) groups excluding carboxylic acids is 2. The molecular formula is C17H14Cl2N2O4. The molecule has 130 valence electrons. The van der Waals surface area contributed by atoms with E-state index in [0.717, 1.165) is 0 Å². The lowest BCUT2D eigenvalue weighted by molar-refractivity contribution is 0.0927. The van der Waals surface area contributed by atoms with Crippen LogP contribution in [-0.4, -0.2) is 31.7 Å². The fourth-order valence-electron chi connectivity index (χ4n) is 2.26. The standard InChI is InChI=1S/C17H14Cl2N2O4/c18-12-3-1-10(2-4-12)16(22)20-5-6-21-17(23)11-7-13(19)15-14(8-11)24-9-25-15/h1-4,7-8H,5-6,9H2,(H,20,22)(H,21,23). The van der Waals surface area contributed by atoms with Gasteiger partial charge < -0.3 is 20.1 Å². The van der Waals surface area contributed by atoms with Crippen molar-refractivity contribution in [2.75, 3.05) is 19.9 Å². The van der Waals surface area contributed by atoms with E-state index in [2.05, 4.69) is 10.6 Å². The maximum atomic E-state index is 12.2. The van der Waals surface area contributed by atoms with Crippen LogP contribution in [0.25, 0.3) is 0 Å². The van der Waals surface area contributed by atoms with E-state index in [1.54, 1.807) is 30.3 Å². The lowest BCUT2D eigenvalue weighted by Crippen LogP contribution is -2.34. The molecule has 0 atom stereocenters. The Kier molecular flexibility index (Phi) is 5.31. The third-order valence-corrected chi connectivity index (χ3v) is 4.02. The van der Waals surface area contributed by atoms with Gasteiger partial charge in [-0.1, -0.05) is 23.2 Å². The van der Waals surface area contributed by atoms with Crippen molar-refractivity contribution in [1.29, 1.82) is 0 Å². The molecular weight excluding hydrogens is 367 g/mol. The SMILES string of the molecule is O=C(NCCNC(=O)c1cc(Cl)c2c(c1)OCO2)c1ccc(Cl)cc1. The Balaban J connectivity index is 1.49. The molecule has 0 spiro atoms. The predicted octanol–water partition coefficient (Wildman–Crippen LogP) is 2.88. The smallest absolute Gasteiger partial charge is 0.251 e. The fourth-order valence-corrected chi connectivity index (χ4v) is 2.65. The van der Waals surface area contributed by atoms with E-state index in [0.29, 0.717) is 32.7 Å². The number of rotatable bonds is 5. The number of hydrogen-bond acceptors (Lipinski definition) is 4. The molecule has 25 heavy (non-hydrogen) atoms. The molecule has 2 aromatic carbocycles. The summed E-state index contributed by atoms with van der Waals surface area (Å²) in [4.78, 5) is 24.1. The summed E-state index contributed by atoms with van der Waals surface area (Å²) in [5, 5.41) is 6.29. The Morgan fingerprint density at radius 1 is 0.920 bits per heavy atom. The van der Waals surface area contributed by atoms with Gasteiger partial charge in [0.1, 0.15) is 0 Å². The lowest BCUT2D eigenvalue weighted by atomic mass is 10.2. The minimum atomic E-state index is -0.319. The number of nitrogens with one attached hydrogen (secondary N) is 2. The molecule has 6 nitrogen and oxygen atoms in total. The van der Waals surface area contributed by atoms with Crippen LogP contribution >= 0.6 is 23.2 Å². The summed E-state index contributed by atoms with van der Waals surface area (Å²) in [7, 11) is 0. The molecule has 2 aromatic rings. The van der Waals surface area contributed by atoms with Crippen LogP contribution in [-0.2, 0) is 0 Å². The third-order valence-electron chi connectivity index (χ3n) is 3.49. The minimum absolute atomic E-state index is 0.0802. The second kappa shape index (κ2) is 7.63. The number of amides is 2. The maximum Gasteiger partial charge on any atom is 0.251 e. The van der Waals surface area contributed by atoms with E-state index in [1.165, 1.54) is 6.07 Å². The molecule has 3 rings (SSSR count). The molecule has 1 heterocycles. The molecule has 2 N–H and O–H groups in total. The van der Waals surface area contributed by atoms with Crippen LogP contribution in [0.15, 0.2) is 36.4 Å². The molecule has 1 aliphatic heterocycles. The number of hydrogen-bond donors (Lipinski definition) is 2. The van der Waals surface area contributed by atoms with E-state index in [-0.39, 0.29) is 31.7 Å². The van der Waals surface area contributed by atoms with Crippen molar-refractivity contribution < 1.29 is 19.1 Å². The van der Waals surface area contributed by atoms with Crippen molar-refractivity contribution in [2.24, 2.45) is 0 Å². The quantitative estimate of drug-likeness (QED) is 0.781. The Morgan fingerprint density at radius 3 is 2.24 bits per heavy atom. The van der Waals surface area contributed by atoms with Crippen molar-refractivity contribution in [3.63, 3.8) is 0 Å². The van der Waals surface area contributed by atoms with Gasteiger partial charge in [-0.15, -0.1) is 0 Å². The van der Waals surface area contributed by atoms with Crippen LogP contribution in [0.1, 0.15) is 20.7 Å². The summed E-state index contributed by atoms with van der Waals surface area (Å²) in [5.41, 5.74) is 0.858. The third kappa shape index (κ3) is 4.15. The fraction of sp³-hybridized carbons (Fsp3) is 0.176. The van der Waals surface area contributed by atoms with Crippen LogP contribution in [0.3, 0.4) is 0 Å². The topological polar surface area (TPSA) is 76.7 Å². The first kappa shape index (κ1) is 17.4. The first-order chi connectivity index (χ1) is 12.0. The molecule has 0 bridgehead atoms. The zero-order valence-corrected chi connectivity index (χ0v) is 14.5. The van der Waals surface area contributed by atoms with Gasteiger partial charge in [0.15, 0.2) is 11.5 Å². The molecule has 0 saturated heterocycles. The number of fused-ring (bicyclic) bond motifs is 1. The highest BCUT2D eigenvalue weighted by Gasteiger charge is 2.20. The van der Waals surface area contributed by atoms with Gasteiger partial charge in [-0.25, -0.2) is 0 Å². The van der Waals surface area contributed by atoms with Gasteiger partial charge in [-0.3, -0.25) is 9.59 Å². The van der Waals surface area contributed by atoms with Gasteiger partial charge in [-0.05, 0) is 36.4 Å². The summed E-state index contributed by atoms with van der Waals surface area (Å²) >= 11 is 11.8. The molecule has 2 amide bonds. The number of carbonyl (C=O) groups is 2. The Bertz CT molecular complexity index is 809. The number of halogens is 2. The molecule has 1 aliphatic rings. The van der Waals surface area contributed by atoms with Gasteiger partial charge in [-0.2, -0.15) is 0 Å². The van der Waals surface area contributed by atoms with Crippen LogP contribution in [0, 0.1) is 0 Å². The maximum absolute atomic E-state index is 12.2. The van der Waals surface area contributed by atoms with Crippen molar-refractivity contribution >= 4 is 35.0 Å². The van der Waals surface area contributed by atoms with Gasteiger partial charge in [0.2, 0.25) is 6.79 Å². The Labute approximate surface area is 154 Å². The zero-order valence-electron chi connectivity index (χ0n) is 13.0. The van der Waals surface area contributed by atoms with Gasteiger partial charge in [0.25, 0.3) is 11.8 Å². The summed E-state index contributed by atoms with van der Waals surface area (Å²) in [6, 6.07) is 9.62. The van der Waals surface area contributed by atoms with Crippen molar-refractivity contribution in [3.8, 4) is 11.5 Å². The van der Waals surface area contributed by atoms with Crippen molar-refractivity contribution in [3.05, 3.63) is 57.6 Å². The first-order valence-corrected chi connectivity index (χ1v) is 8.21. The van der Waals surface area contributed by atoms with Crippen molar-refractivity contribution in [2.45, 2.75) is 0 Å². The average molecular weight is 381 g/mol. The summed E-state index contributed by atoms with van der Waals surface area (Å²) in [5.74, 6) is 0.320. The van der Waals surface area contributed by atoms with Crippen LogP contribution in [0.4, 0.5) is 0 Å². The summed E-state index contributed by atoms with van der Waals surface area (Å²) in [6.45, 7) is 0.632. The number of benzene rings is 2. The molecule has 0 fully saturated rings. The highest BCUT2D eigenvalue weighted by molar-refractivity contribution is 6.32. The minimum Gasteiger partial charge on any atom is -0.454 e. The summed E-state index contributed by atoms with van der Waals surface area (Å²) < 4.78 is 10.4. The molecule has 0 aromatic heterocycles. The lowest BCUT2D eigenvalue weighted by Gasteiger charge is -2.08. The zero-order chi connectivity index (χ0) is 17.8. The molecule has 0 unspecified atom stereocenters. The van der Waals surface area contributed by atoms with Gasteiger partial charge in [0, 0.05) is 29.2 Å². The largest absolute Gasteiger partial charge is 0.454 e. The molecule has 0 radical (unpaired) electrons. The van der Waals surface area contributed by atoms with Crippen molar-refractivity contribution in [1.82, 2.24) is 10.6 Å². The highest BCUT2D eigenvalue weighted by atomic mass is 35.5. The molecule has 0 aliphatic carbocycles. The average Bonchev–Trinajstić information content (AvgIpc) is 3.08. The molecule has 0 saturated carbocycles. The van der Waals surface area contributed by atoms with Gasteiger partial charge in [0.05, 0.1) is 5.02 Å². The van der Waals surface area contributed by atoms with E-state index in [1.807, 2.05) is 0 Å². The van der Waals surface area contributed by atoms with Crippen LogP contribution < -0.4 is 20.1 Å². The second-order valence-corrected chi connectivity index (χ2v) is 6.05.